The van der Waals surface area contributed by atoms with Crippen molar-refractivity contribution in [2.24, 2.45) is 0 Å². The molecular weight excluding hydrogens is 343 g/mol. The molecule has 13 heavy (non-hydrogen) atoms. The summed E-state index contributed by atoms with van der Waals surface area (Å²) in [5, 5.41) is 3.36. The summed E-state index contributed by atoms with van der Waals surface area (Å²) in [6.45, 7) is 1.98. The van der Waals surface area contributed by atoms with E-state index in [9.17, 15) is 0 Å². The van der Waals surface area contributed by atoms with E-state index in [0.29, 0.717) is 0 Å². The number of aromatic nitrogens is 1. The first-order valence-electron chi connectivity index (χ1n) is 4.19. The van der Waals surface area contributed by atoms with Gasteiger partial charge in [0.05, 0.1) is 0 Å². The Bertz CT molecular complexity index is 255. The Labute approximate surface area is 101 Å². The number of alkyl halides is 1. The number of hydrogen-bond acceptors (Lipinski definition) is 2. The molecule has 1 N–H and O–H groups in total. The molecule has 0 atom stereocenters. The van der Waals surface area contributed by atoms with Gasteiger partial charge < -0.3 is 5.32 Å². The van der Waals surface area contributed by atoms with E-state index in [-0.39, 0.29) is 0 Å². The zero-order valence-electron chi connectivity index (χ0n) is 7.26. The predicted octanol–water partition coefficient (Wildman–Crippen LogP) is 2.76. The molecule has 1 aromatic heterocycles. The SMILES string of the molecule is Brc1cncc(CNCCCI)c1. The number of halogens is 2. The quantitative estimate of drug-likeness (QED) is 0.499. The molecule has 4 heteroatoms. The zero-order valence-corrected chi connectivity index (χ0v) is 11.0. The van der Waals surface area contributed by atoms with Crippen molar-refractivity contribution in [3.05, 3.63) is 28.5 Å². The van der Waals surface area contributed by atoms with Crippen LogP contribution in [0.2, 0.25) is 0 Å². The van der Waals surface area contributed by atoms with Gasteiger partial charge in [-0.3, -0.25) is 4.98 Å². The van der Waals surface area contributed by atoms with E-state index < -0.39 is 0 Å². The Balaban J connectivity index is 2.28. The summed E-state index contributed by atoms with van der Waals surface area (Å²) in [5.41, 5.74) is 1.22. The molecule has 0 bridgehead atoms. The van der Waals surface area contributed by atoms with Crippen molar-refractivity contribution in [1.82, 2.24) is 10.3 Å². The van der Waals surface area contributed by atoms with Crippen LogP contribution >= 0.6 is 38.5 Å². The van der Waals surface area contributed by atoms with Crippen molar-refractivity contribution in [2.75, 3.05) is 11.0 Å². The highest BCUT2D eigenvalue weighted by atomic mass is 127. The Morgan fingerprint density at radius 2 is 2.31 bits per heavy atom. The van der Waals surface area contributed by atoms with E-state index in [0.717, 1.165) is 17.6 Å². The highest BCUT2D eigenvalue weighted by Gasteiger charge is 1.93. The second-order valence-electron chi connectivity index (χ2n) is 2.73. The minimum Gasteiger partial charge on any atom is -0.313 e. The second-order valence-corrected chi connectivity index (χ2v) is 4.73. The van der Waals surface area contributed by atoms with Crippen LogP contribution in [0.3, 0.4) is 0 Å². The standard InChI is InChI=1S/C9H12BrIN2/c10-9-4-8(6-13-7-9)5-12-3-1-2-11/h4,6-7,12H,1-3,5H2. The number of nitrogens with one attached hydrogen (secondary N) is 1. The van der Waals surface area contributed by atoms with Gasteiger partial charge in [-0.25, -0.2) is 0 Å². The molecule has 0 unspecified atom stereocenters. The Morgan fingerprint density at radius 1 is 1.46 bits per heavy atom. The van der Waals surface area contributed by atoms with Crippen molar-refractivity contribution in [3.63, 3.8) is 0 Å². The van der Waals surface area contributed by atoms with Crippen LogP contribution in [-0.2, 0) is 6.54 Å². The minimum atomic E-state index is 0.906. The molecule has 0 aliphatic carbocycles. The molecule has 1 rings (SSSR count). The molecule has 72 valence electrons. The molecule has 0 saturated heterocycles. The molecule has 0 amide bonds. The minimum absolute atomic E-state index is 0.906. The van der Waals surface area contributed by atoms with Gasteiger partial charge in [-0.15, -0.1) is 0 Å². The second kappa shape index (κ2) is 6.73. The molecule has 0 spiro atoms. The topological polar surface area (TPSA) is 24.9 Å². The van der Waals surface area contributed by atoms with Gasteiger partial charge in [-0.1, -0.05) is 22.6 Å². The number of hydrogen-bond donors (Lipinski definition) is 1. The summed E-state index contributed by atoms with van der Waals surface area (Å²) in [6, 6.07) is 2.09. The van der Waals surface area contributed by atoms with Crippen molar-refractivity contribution >= 4 is 38.5 Å². The molecular formula is C9H12BrIN2. The lowest BCUT2D eigenvalue weighted by atomic mass is 10.3. The lowest BCUT2D eigenvalue weighted by Gasteiger charge is -2.03. The normalized spacial score (nSPS) is 10.3. The van der Waals surface area contributed by atoms with E-state index in [4.69, 9.17) is 0 Å². The van der Waals surface area contributed by atoms with Gasteiger partial charge in [0.2, 0.25) is 0 Å². The lowest BCUT2D eigenvalue weighted by Crippen LogP contribution is -2.14. The van der Waals surface area contributed by atoms with Gasteiger partial charge in [0.1, 0.15) is 0 Å². The van der Waals surface area contributed by atoms with Crippen molar-refractivity contribution in [3.8, 4) is 0 Å². The smallest absolute Gasteiger partial charge is 0.0410 e. The number of nitrogens with zero attached hydrogens (tertiary/aromatic N) is 1. The lowest BCUT2D eigenvalue weighted by molar-refractivity contribution is 0.680. The average Bonchev–Trinajstić information content (AvgIpc) is 2.13. The maximum Gasteiger partial charge on any atom is 0.0410 e. The Kier molecular flexibility index (Phi) is 5.90. The molecule has 1 aromatic rings. The molecule has 2 nitrogen and oxygen atoms in total. The van der Waals surface area contributed by atoms with Gasteiger partial charge >= 0.3 is 0 Å². The largest absolute Gasteiger partial charge is 0.313 e. The first-order chi connectivity index (χ1) is 6.33. The van der Waals surface area contributed by atoms with Crippen LogP contribution < -0.4 is 5.32 Å². The zero-order chi connectivity index (χ0) is 9.52. The van der Waals surface area contributed by atoms with E-state index in [1.807, 2.05) is 6.20 Å². The third kappa shape index (κ3) is 4.93. The first kappa shape index (κ1) is 11.4. The third-order valence-corrected chi connectivity index (χ3v) is 2.77. The molecule has 0 saturated carbocycles. The fourth-order valence-corrected chi connectivity index (χ4v) is 1.77. The van der Waals surface area contributed by atoms with E-state index in [1.54, 1.807) is 6.20 Å². The van der Waals surface area contributed by atoms with E-state index in [2.05, 4.69) is 54.9 Å². The average molecular weight is 355 g/mol. The molecule has 0 aliphatic heterocycles. The van der Waals surface area contributed by atoms with Crippen LogP contribution in [0.25, 0.3) is 0 Å². The van der Waals surface area contributed by atoms with Crippen LogP contribution in [0.15, 0.2) is 22.9 Å². The summed E-state index contributed by atoms with van der Waals surface area (Å²) in [5.74, 6) is 0. The van der Waals surface area contributed by atoms with Gasteiger partial charge in [-0.2, -0.15) is 0 Å². The fraction of sp³-hybridized carbons (Fsp3) is 0.444. The highest BCUT2D eigenvalue weighted by Crippen LogP contribution is 2.08. The molecule has 0 aliphatic rings. The van der Waals surface area contributed by atoms with Gasteiger partial charge in [0.15, 0.2) is 0 Å². The first-order valence-corrected chi connectivity index (χ1v) is 6.51. The van der Waals surface area contributed by atoms with Gasteiger partial charge in [0, 0.05) is 27.8 Å². The van der Waals surface area contributed by atoms with Crippen molar-refractivity contribution in [1.29, 1.82) is 0 Å². The van der Waals surface area contributed by atoms with Crippen LogP contribution in [-0.4, -0.2) is 16.0 Å². The molecule has 1 heterocycles. The van der Waals surface area contributed by atoms with Gasteiger partial charge in [0.25, 0.3) is 0 Å². The summed E-state index contributed by atoms with van der Waals surface area (Å²) < 4.78 is 2.25. The maximum atomic E-state index is 4.09. The van der Waals surface area contributed by atoms with Crippen LogP contribution in [0.5, 0.6) is 0 Å². The van der Waals surface area contributed by atoms with E-state index in [1.165, 1.54) is 16.4 Å². The maximum absolute atomic E-state index is 4.09. The van der Waals surface area contributed by atoms with E-state index >= 15 is 0 Å². The molecule has 0 fully saturated rings. The summed E-state index contributed by atoms with van der Waals surface area (Å²) in [4.78, 5) is 4.09. The molecule has 0 radical (unpaired) electrons. The van der Waals surface area contributed by atoms with Crippen molar-refractivity contribution in [2.45, 2.75) is 13.0 Å². The third-order valence-electron chi connectivity index (χ3n) is 1.58. The van der Waals surface area contributed by atoms with Crippen LogP contribution in [0, 0.1) is 0 Å². The highest BCUT2D eigenvalue weighted by molar-refractivity contribution is 14.1. The van der Waals surface area contributed by atoms with Crippen molar-refractivity contribution < 1.29 is 0 Å². The number of rotatable bonds is 5. The monoisotopic (exact) mass is 354 g/mol. The summed E-state index contributed by atoms with van der Waals surface area (Å²) >= 11 is 5.78. The number of pyridine rings is 1. The van der Waals surface area contributed by atoms with Crippen LogP contribution in [0.1, 0.15) is 12.0 Å². The molecule has 0 aromatic carbocycles. The summed E-state index contributed by atoms with van der Waals surface area (Å²) in [6.07, 6.45) is 4.91. The summed E-state index contributed by atoms with van der Waals surface area (Å²) in [7, 11) is 0. The van der Waals surface area contributed by atoms with Crippen LogP contribution in [0.4, 0.5) is 0 Å². The Morgan fingerprint density at radius 3 is 3.00 bits per heavy atom. The van der Waals surface area contributed by atoms with Gasteiger partial charge in [-0.05, 0) is 40.5 Å². The predicted molar refractivity (Wildman–Crippen MR) is 67.1 cm³/mol. The fourth-order valence-electron chi connectivity index (χ4n) is 0.977. The Hall–Kier alpha value is 0.320.